The molecule has 1 aromatic carbocycles. The summed E-state index contributed by atoms with van der Waals surface area (Å²) in [7, 11) is -2.32. The number of rotatable bonds is 7. The quantitative estimate of drug-likeness (QED) is 0.772. The van der Waals surface area contributed by atoms with Gasteiger partial charge >= 0.3 is 0 Å². The van der Waals surface area contributed by atoms with Crippen LogP contribution in [0.4, 0.5) is 4.39 Å². The van der Waals surface area contributed by atoms with Crippen molar-refractivity contribution in [2.24, 2.45) is 5.92 Å². The van der Waals surface area contributed by atoms with Crippen molar-refractivity contribution in [2.75, 3.05) is 20.1 Å². The van der Waals surface area contributed by atoms with Crippen LogP contribution in [0.3, 0.4) is 0 Å². The molecule has 0 unspecified atom stereocenters. The van der Waals surface area contributed by atoms with Gasteiger partial charge in [0.1, 0.15) is 5.82 Å². The smallest absolute Gasteiger partial charge is 0.207 e. The number of nitrogens with zero attached hydrogens (tertiary/aromatic N) is 3. The lowest BCUT2D eigenvalue weighted by atomic mass is 10.1. The second-order valence-electron chi connectivity index (χ2n) is 5.34. The van der Waals surface area contributed by atoms with E-state index >= 15 is 0 Å². The normalized spacial score (nSPS) is 13.4. The Labute approximate surface area is 132 Å². The van der Waals surface area contributed by atoms with E-state index in [1.165, 1.54) is 17.4 Å². The van der Waals surface area contributed by atoms with Crippen LogP contribution in [0.25, 0.3) is 0 Å². The number of nitriles is 1. The molecule has 1 atom stereocenters. The zero-order valence-corrected chi connectivity index (χ0v) is 14.2. The van der Waals surface area contributed by atoms with Gasteiger partial charge in [-0.2, -0.15) is 22.3 Å². The van der Waals surface area contributed by atoms with Gasteiger partial charge in [0.25, 0.3) is 10.2 Å². The molecule has 122 valence electrons. The lowest BCUT2D eigenvalue weighted by Gasteiger charge is -2.27. The van der Waals surface area contributed by atoms with Crippen molar-refractivity contribution in [1.82, 2.24) is 8.61 Å². The van der Waals surface area contributed by atoms with E-state index in [0.29, 0.717) is 5.56 Å². The zero-order valence-electron chi connectivity index (χ0n) is 13.4. The van der Waals surface area contributed by atoms with Crippen LogP contribution < -0.4 is 0 Å². The molecule has 0 aliphatic rings. The van der Waals surface area contributed by atoms with Gasteiger partial charge in [-0.15, -0.1) is 0 Å². The minimum atomic E-state index is -3.74. The van der Waals surface area contributed by atoms with Crippen molar-refractivity contribution >= 4 is 10.2 Å². The number of benzene rings is 1. The highest BCUT2D eigenvalue weighted by Gasteiger charge is 2.27. The highest BCUT2D eigenvalue weighted by molar-refractivity contribution is 7.86. The second kappa shape index (κ2) is 7.68. The molecular weight excluding hydrogens is 305 g/mol. The lowest BCUT2D eigenvalue weighted by Crippen LogP contribution is -2.43. The number of hydrogen-bond acceptors (Lipinski definition) is 3. The van der Waals surface area contributed by atoms with Crippen LogP contribution in [-0.2, 0) is 16.8 Å². The molecule has 1 aromatic rings. The molecule has 0 radical (unpaired) electrons. The van der Waals surface area contributed by atoms with Crippen molar-refractivity contribution in [3.8, 4) is 6.07 Å². The Morgan fingerprint density at radius 1 is 1.41 bits per heavy atom. The second-order valence-corrected chi connectivity index (χ2v) is 7.37. The Morgan fingerprint density at radius 3 is 2.59 bits per heavy atom. The van der Waals surface area contributed by atoms with Crippen LogP contribution in [0.1, 0.15) is 25.0 Å². The molecular formula is C15H22FN3O2S. The number of hydrogen-bond donors (Lipinski definition) is 0. The highest BCUT2D eigenvalue weighted by Crippen LogP contribution is 2.16. The molecule has 0 aromatic heterocycles. The maximum absolute atomic E-state index is 13.8. The molecule has 0 saturated carbocycles. The first-order chi connectivity index (χ1) is 10.2. The first-order valence-electron chi connectivity index (χ1n) is 7.08. The Bertz CT molecular complexity index is 655. The maximum Gasteiger partial charge on any atom is 0.282 e. The number of halogens is 1. The fourth-order valence-corrected chi connectivity index (χ4v) is 3.51. The molecule has 0 saturated heterocycles. The molecule has 0 N–H and O–H groups in total. The van der Waals surface area contributed by atoms with Crippen molar-refractivity contribution in [2.45, 2.75) is 27.3 Å². The lowest BCUT2D eigenvalue weighted by molar-refractivity contribution is 0.348. The summed E-state index contributed by atoms with van der Waals surface area (Å²) in [6.07, 6.45) is 0. The average Bonchev–Trinajstić information content (AvgIpc) is 2.47. The summed E-state index contributed by atoms with van der Waals surface area (Å²) < 4.78 is 41.2. The summed E-state index contributed by atoms with van der Waals surface area (Å²) in [6.45, 7) is 5.53. The third-order valence-electron chi connectivity index (χ3n) is 3.36. The van der Waals surface area contributed by atoms with Crippen LogP contribution >= 0.6 is 0 Å². The van der Waals surface area contributed by atoms with E-state index in [0.717, 1.165) is 9.87 Å². The SMILES string of the molecule is CCN(C[C@@H](C)C#N)S(=O)(=O)N(C)Cc1cc(C)ccc1F. The third-order valence-corrected chi connectivity index (χ3v) is 5.34. The Kier molecular flexibility index (Phi) is 6.48. The minimum Gasteiger partial charge on any atom is -0.207 e. The Hall–Kier alpha value is -1.49. The van der Waals surface area contributed by atoms with E-state index in [4.69, 9.17) is 5.26 Å². The average molecular weight is 327 g/mol. The van der Waals surface area contributed by atoms with Gasteiger partial charge in [-0.25, -0.2) is 4.39 Å². The van der Waals surface area contributed by atoms with Crippen molar-refractivity contribution < 1.29 is 12.8 Å². The Morgan fingerprint density at radius 2 is 2.05 bits per heavy atom. The van der Waals surface area contributed by atoms with E-state index in [1.54, 1.807) is 26.0 Å². The molecule has 1 rings (SSSR count). The molecule has 0 heterocycles. The maximum atomic E-state index is 13.8. The molecule has 22 heavy (non-hydrogen) atoms. The molecule has 7 heteroatoms. The molecule has 0 spiro atoms. The molecule has 0 fully saturated rings. The summed E-state index contributed by atoms with van der Waals surface area (Å²) >= 11 is 0. The summed E-state index contributed by atoms with van der Waals surface area (Å²) in [5, 5.41) is 8.85. The van der Waals surface area contributed by atoms with E-state index < -0.39 is 21.9 Å². The Balaban J connectivity index is 2.96. The van der Waals surface area contributed by atoms with Gasteiger partial charge in [0.15, 0.2) is 0 Å². The largest absolute Gasteiger partial charge is 0.282 e. The molecule has 0 aliphatic carbocycles. The van der Waals surface area contributed by atoms with Crippen LogP contribution in [0.15, 0.2) is 18.2 Å². The monoisotopic (exact) mass is 327 g/mol. The fraction of sp³-hybridized carbons (Fsp3) is 0.533. The molecule has 5 nitrogen and oxygen atoms in total. The van der Waals surface area contributed by atoms with Gasteiger partial charge in [0.05, 0.1) is 12.0 Å². The summed E-state index contributed by atoms with van der Waals surface area (Å²) in [5.74, 6) is -0.833. The van der Waals surface area contributed by atoms with Gasteiger partial charge in [-0.05, 0) is 19.9 Å². The van der Waals surface area contributed by atoms with Gasteiger partial charge in [-0.1, -0.05) is 24.6 Å². The first-order valence-corrected chi connectivity index (χ1v) is 8.48. The van der Waals surface area contributed by atoms with E-state index in [1.807, 2.05) is 13.0 Å². The molecule has 0 aliphatic heterocycles. The zero-order chi connectivity index (χ0) is 16.9. The molecule has 0 amide bonds. The van der Waals surface area contributed by atoms with Crippen LogP contribution in [0.2, 0.25) is 0 Å². The van der Waals surface area contributed by atoms with Crippen molar-refractivity contribution in [1.29, 1.82) is 5.26 Å². The van der Waals surface area contributed by atoms with Gasteiger partial charge < -0.3 is 0 Å². The van der Waals surface area contributed by atoms with E-state index in [2.05, 4.69) is 0 Å². The highest BCUT2D eigenvalue weighted by atomic mass is 32.2. The summed E-state index contributed by atoms with van der Waals surface area (Å²) in [5.41, 5.74) is 1.20. The first kappa shape index (κ1) is 18.6. The standard InChI is InChI=1S/C15H22FN3O2S/c1-5-19(10-13(3)9-17)22(20,21)18(4)11-14-8-12(2)6-7-15(14)16/h6-8,13H,5,10-11H2,1-4H3/t13-/m0/s1. The summed E-state index contributed by atoms with van der Waals surface area (Å²) in [6, 6.07) is 6.63. The van der Waals surface area contributed by atoms with Crippen LogP contribution in [-0.4, -0.2) is 37.2 Å². The topological polar surface area (TPSA) is 64.4 Å². The minimum absolute atomic E-state index is 0.0483. The van der Waals surface area contributed by atoms with Gasteiger partial charge in [0.2, 0.25) is 0 Å². The van der Waals surface area contributed by atoms with Crippen LogP contribution in [0, 0.1) is 30.0 Å². The molecule has 0 bridgehead atoms. The number of aryl methyl sites for hydroxylation is 1. The van der Waals surface area contributed by atoms with Crippen molar-refractivity contribution in [3.63, 3.8) is 0 Å². The van der Waals surface area contributed by atoms with Gasteiger partial charge in [0, 0.05) is 32.2 Å². The predicted molar refractivity (Wildman–Crippen MR) is 83.5 cm³/mol. The van der Waals surface area contributed by atoms with Crippen LogP contribution in [0.5, 0.6) is 0 Å². The third kappa shape index (κ3) is 4.50. The summed E-state index contributed by atoms with van der Waals surface area (Å²) in [4.78, 5) is 0. The van der Waals surface area contributed by atoms with Gasteiger partial charge in [-0.3, -0.25) is 0 Å². The van der Waals surface area contributed by atoms with Crippen molar-refractivity contribution in [3.05, 3.63) is 35.1 Å². The predicted octanol–water partition coefficient (Wildman–Crippen LogP) is 2.29. The van der Waals surface area contributed by atoms with E-state index in [9.17, 15) is 12.8 Å². The van der Waals surface area contributed by atoms with E-state index in [-0.39, 0.29) is 19.6 Å². The fourth-order valence-electron chi connectivity index (χ4n) is 2.08.